The second-order valence-electron chi connectivity index (χ2n) is 21.1. The Balaban J connectivity index is 0.000000174. The maximum atomic E-state index is 5.74. The van der Waals surface area contributed by atoms with E-state index >= 15 is 0 Å². The molecule has 0 amide bonds. The third-order valence-electron chi connectivity index (χ3n) is 16.6. The summed E-state index contributed by atoms with van der Waals surface area (Å²) in [4.78, 5) is 0. The van der Waals surface area contributed by atoms with E-state index in [1.165, 1.54) is 44.9 Å². The van der Waals surface area contributed by atoms with E-state index in [2.05, 4.69) is 6.55 Å². The number of hydrogen-bond acceptors (Lipinski definition) is 21. The summed E-state index contributed by atoms with van der Waals surface area (Å²) in [6, 6.07) is 3.51. The highest BCUT2D eigenvalue weighted by molar-refractivity contribution is 6.66. The number of hydrogen-bond donors (Lipinski definition) is 0. The molecule has 442 valence electrons. The molecule has 6 aliphatic heterocycles. The molecular formula is C49H100O21Si5. The summed E-state index contributed by atoms with van der Waals surface area (Å²) < 4.78 is 114. The van der Waals surface area contributed by atoms with Gasteiger partial charge in [0.25, 0.3) is 0 Å². The summed E-state index contributed by atoms with van der Waals surface area (Å²) in [5.41, 5.74) is 0.343. The predicted octanol–water partition coefficient (Wildman–Crippen LogP) is 5.53. The van der Waals surface area contributed by atoms with Crippen molar-refractivity contribution in [3.8, 4) is 0 Å². The van der Waals surface area contributed by atoms with E-state index in [0.29, 0.717) is 79.4 Å². The smallest absolute Gasteiger partial charge is 0.400 e. The van der Waals surface area contributed by atoms with Crippen molar-refractivity contribution in [3.05, 3.63) is 0 Å². The zero-order valence-electron chi connectivity index (χ0n) is 48.3. The fraction of sp³-hybridized carbons (Fsp3) is 1.00. The topological polar surface area (TPSA) is 210 Å². The van der Waals surface area contributed by atoms with Crippen LogP contribution in [0.15, 0.2) is 0 Å². The van der Waals surface area contributed by atoms with Gasteiger partial charge in [0.2, 0.25) is 0 Å². The van der Waals surface area contributed by atoms with E-state index in [4.69, 9.17) is 95.4 Å². The third kappa shape index (κ3) is 21.2. The SMILES string of the molecule is CO[SiH](OC)C1COCC12CO2.CO[Si](C)(CCCOCC1CO1)OC.CO[Si](CC1CCC2OC2C1)(OC)OC.CO[Si](CCC1CCC2OC2C1)(OC)OC.CO[Si](CCOCC1CCC2OC2C1)(OC)OC. The van der Waals surface area contributed by atoms with Crippen LogP contribution in [0.25, 0.3) is 0 Å². The van der Waals surface area contributed by atoms with Crippen LogP contribution in [0.5, 0.6) is 0 Å². The molecule has 3 aliphatic carbocycles. The largest absolute Gasteiger partial charge is 0.502 e. The highest BCUT2D eigenvalue weighted by Crippen LogP contribution is 2.46. The minimum absolute atomic E-state index is 0.0249. The Labute approximate surface area is 456 Å². The molecule has 0 bridgehead atoms. The molecular weight excluding hydrogens is 1060 g/mol. The van der Waals surface area contributed by atoms with Crippen LogP contribution in [0.3, 0.4) is 0 Å². The Kier molecular flexibility index (Phi) is 28.9. The Hall–Kier alpha value is 0.244. The van der Waals surface area contributed by atoms with E-state index in [1.807, 2.05) is 0 Å². The van der Waals surface area contributed by atoms with Gasteiger partial charge >= 0.3 is 44.3 Å². The van der Waals surface area contributed by atoms with Crippen molar-refractivity contribution in [1.29, 1.82) is 0 Å². The highest BCUT2D eigenvalue weighted by Gasteiger charge is 2.60. The van der Waals surface area contributed by atoms with Crippen LogP contribution in [0, 0.1) is 17.8 Å². The number of rotatable bonds is 30. The van der Waals surface area contributed by atoms with Crippen molar-refractivity contribution >= 4 is 44.3 Å². The summed E-state index contributed by atoms with van der Waals surface area (Å²) in [6.07, 6.45) is 16.7. The molecule has 6 heterocycles. The molecule has 26 heteroatoms. The van der Waals surface area contributed by atoms with Gasteiger partial charge in [-0.2, -0.15) is 0 Å². The van der Waals surface area contributed by atoms with E-state index in [-0.39, 0.29) is 5.60 Å². The van der Waals surface area contributed by atoms with Crippen LogP contribution in [0.2, 0.25) is 36.3 Å². The quantitative estimate of drug-likeness (QED) is 0.0492. The lowest BCUT2D eigenvalue weighted by Gasteiger charge is -2.29. The lowest BCUT2D eigenvalue weighted by atomic mass is 9.88. The van der Waals surface area contributed by atoms with Crippen LogP contribution in [-0.4, -0.2) is 238 Å². The van der Waals surface area contributed by atoms with Crippen LogP contribution >= 0.6 is 0 Å². The van der Waals surface area contributed by atoms with Crippen molar-refractivity contribution in [3.63, 3.8) is 0 Å². The summed E-state index contributed by atoms with van der Waals surface area (Å²) in [5, 5.41) is 0. The summed E-state index contributed by atoms with van der Waals surface area (Å²) >= 11 is 0. The van der Waals surface area contributed by atoms with E-state index in [9.17, 15) is 0 Å². The Bertz CT molecular complexity index is 1520. The van der Waals surface area contributed by atoms with Gasteiger partial charge in [-0.15, -0.1) is 0 Å². The molecule has 1 spiro atoms. The van der Waals surface area contributed by atoms with Crippen molar-refractivity contribution in [2.75, 3.05) is 145 Å². The third-order valence-corrected chi connectivity index (χ3v) is 30.3. The molecule has 75 heavy (non-hydrogen) atoms. The number of fused-ring (bicyclic) bond motifs is 3. The van der Waals surface area contributed by atoms with Gasteiger partial charge in [-0.05, 0) is 101 Å². The molecule has 3 saturated carbocycles. The second kappa shape index (κ2) is 32.8. The van der Waals surface area contributed by atoms with Crippen molar-refractivity contribution in [2.45, 2.75) is 155 Å². The first kappa shape index (κ1) is 66.0. The van der Waals surface area contributed by atoms with Crippen LogP contribution in [0.4, 0.5) is 0 Å². The monoisotopic (exact) mass is 1160 g/mol. The summed E-state index contributed by atoms with van der Waals surface area (Å²) in [6.45, 7) is 8.15. The molecule has 0 aromatic rings. The van der Waals surface area contributed by atoms with E-state index < -0.39 is 44.3 Å². The van der Waals surface area contributed by atoms with Gasteiger partial charge in [-0.3, -0.25) is 0 Å². The zero-order chi connectivity index (χ0) is 54.5. The highest BCUT2D eigenvalue weighted by atomic mass is 28.4. The molecule has 0 aromatic heterocycles. The van der Waals surface area contributed by atoms with E-state index in [1.54, 1.807) is 92.4 Å². The first-order valence-corrected chi connectivity index (χ1v) is 37.2. The maximum Gasteiger partial charge on any atom is 0.502 e. The molecule has 21 nitrogen and oxygen atoms in total. The van der Waals surface area contributed by atoms with Gasteiger partial charge in [0.15, 0.2) is 0 Å². The number of ether oxygens (including phenoxy) is 8. The van der Waals surface area contributed by atoms with Gasteiger partial charge in [0.1, 0.15) is 11.7 Å². The zero-order valence-corrected chi connectivity index (χ0v) is 53.4. The van der Waals surface area contributed by atoms with Gasteiger partial charge in [-0.25, -0.2) is 0 Å². The average Bonchev–Trinajstić information content (AvgIpc) is 4.18. The van der Waals surface area contributed by atoms with Crippen molar-refractivity contribution in [1.82, 2.24) is 0 Å². The van der Waals surface area contributed by atoms with Gasteiger partial charge in [0.05, 0.1) is 81.8 Å². The molecule has 0 N–H and O–H groups in total. The van der Waals surface area contributed by atoms with Crippen molar-refractivity contribution < 1.29 is 95.4 Å². The Morgan fingerprint density at radius 1 is 0.480 bits per heavy atom. The molecule has 12 atom stereocenters. The molecule has 9 rings (SSSR count). The van der Waals surface area contributed by atoms with Gasteiger partial charge in [-0.1, -0.05) is 0 Å². The number of epoxide rings is 5. The molecule has 0 radical (unpaired) electrons. The first-order valence-electron chi connectivity index (χ1n) is 27.3. The second-order valence-corrected chi connectivity index (χ2v) is 36.4. The maximum absolute atomic E-state index is 5.74. The fourth-order valence-electron chi connectivity index (χ4n) is 10.8. The van der Waals surface area contributed by atoms with Crippen LogP contribution < -0.4 is 0 Å². The first-order chi connectivity index (χ1) is 36.2. The lowest BCUT2D eigenvalue weighted by molar-refractivity contribution is 0.0739. The fourth-order valence-corrected chi connectivity index (χ4v) is 19.5. The summed E-state index contributed by atoms with van der Waals surface area (Å²) in [5.74, 6) is 2.05. The average molecular weight is 1170 g/mol. The van der Waals surface area contributed by atoms with Crippen LogP contribution in [-0.2, 0) is 95.4 Å². The minimum atomic E-state index is -2.46. The normalized spacial score (nSPS) is 32.0. The van der Waals surface area contributed by atoms with Crippen molar-refractivity contribution in [2.24, 2.45) is 17.8 Å². The van der Waals surface area contributed by atoms with Gasteiger partial charge in [0, 0.05) is 124 Å². The molecule has 0 aromatic carbocycles. The molecule has 9 fully saturated rings. The van der Waals surface area contributed by atoms with E-state index in [0.717, 1.165) is 89.4 Å². The Morgan fingerprint density at radius 2 is 0.947 bits per heavy atom. The standard InChI is InChI=1S/C12H24O5Si.C11H22O4Si.C10H20O4Si.C9H20O4Si.C7H14O4Si/c1-13-18(14-2,15-3)7-6-16-9-10-4-5-11-12(8-10)17-11;1-12-16(13-2,14-3)7-6-9-4-5-10-11(8-9)15-10;1-11-15(12-2,13-3)7-8-4-5-9-10(6-8)14-9;1-10-14(3,11-2)6-4-5-12-7-9-8-13-9;1-8-12(9-2)6-3-10-4-7(6)5-11-7/h10-12H,4-9H2,1-3H3;9-11H,4-8H2,1-3H3;8-10H,4-7H2,1-3H3;9H,4-8H2,1-3H3;6,12H,3-5H2,1-2H3. The molecule has 6 saturated heterocycles. The molecule has 9 aliphatic rings. The Morgan fingerprint density at radius 3 is 1.41 bits per heavy atom. The molecule has 12 unspecified atom stereocenters. The van der Waals surface area contributed by atoms with Crippen LogP contribution in [0.1, 0.15) is 70.6 Å². The predicted molar refractivity (Wildman–Crippen MR) is 288 cm³/mol. The lowest BCUT2D eigenvalue weighted by Crippen LogP contribution is -2.45. The minimum Gasteiger partial charge on any atom is -0.400 e. The summed E-state index contributed by atoms with van der Waals surface area (Å²) in [7, 11) is 11.2. The van der Waals surface area contributed by atoms with Gasteiger partial charge < -0.3 is 95.4 Å².